The molecule has 0 radical (unpaired) electrons. The first-order valence-electron chi connectivity index (χ1n) is 6.89. The highest BCUT2D eigenvalue weighted by Gasteiger charge is 2.09. The Hall–Kier alpha value is -1.06. The maximum atomic E-state index is 5.34. The predicted octanol–water partition coefficient (Wildman–Crippen LogP) is 2.55. The summed E-state index contributed by atoms with van der Waals surface area (Å²) in [6.07, 6.45) is 0. The number of rotatable bonds is 5. The summed E-state index contributed by atoms with van der Waals surface area (Å²) in [6, 6.07) is 8.72. The predicted molar refractivity (Wildman–Crippen MR) is 76.3 cm³/mol. The van der Waals surface area contributed by atoms with Crippen LogP contribution in [0.15, 0.2) is 24.3 Å². The summed E-state index contributed by atoms with van der Waals surface area (Å²) < 4.78 is 5.34. The second kappa shape index (κ2) is 6.76. The van der Waals surface area contributed by atoms with Crippen molar-refractivity contribution in [2.24, 2.45) is 0 Å². The van der Waals surface area contributed by atoms with Crippen molar-refractivity contribution in [2.45, 2.75) is 19.8 Å². The number of morpholine rings is 1. The van der Waals surface area contributed by atoms with Gasteiger partial charge < -0.3 is 10.1 Å². The van der Waals surface area contributed by atoms with Crippen LogP contribution in [0, 0.1) is 0 Å². The molecule has 1 aliphatic heterocycles. The number of nitrogens with zero attached hydrogens (tertiary/aromatic N) is 1. The zero-order valence-electron chi connectivity index (χ0n) is 11.5. The quantitative estimate of drug-likeness (QED) is 0.866. The Kier molecular flexibility index (Phi) is 5.02. The summed E-state index contributed by atoms with van der Waals surface area (Å²) in [7, 11) is 0. The lowest BCUT2D eigenvalue weighted by atomic mass is 10.0. The largest absolute Gasteiger partial charge is 0.384 e. The van der Waals surface area contributed by atoms with Gasteiger partial charge in [0, 0.05) is 31.9 Å². The van der Waals surface area contributed by atoms with Gasteiger partial charge in [-0.15, -0.1) is 0 Å². The molecule has 0 atom stereocenters. The standard InChI is InChI=1S/C15H24N2O/c1-13(2)14-4-3-5-15(12-14)16-6-7-17-8-10-18-11-9-17/h3-5,12-13,16H,6-11H2,1-2H3. The van der Waals surface area contributed by atoms with E-state index in [0.717, 1.165) is 39.4 Å². The second-order valence-corrected chi connectivity index (χ2v) is 5.16. The average molecular weight is 248 g/mol. The number of anilines is 1. The lowest BCUT2D eigenvalue weighted by molar-refractivity contribution is 0.0398. The number of hydrogen-bond acceptors (Lipinski definition) is 3. The molecule has 3 heteroatoms. The molecule has 1 aliphatic rings. The zero-order valence-corrected chi connectivity index (χ0v) is 11.5. The minimum Gasteiger partial charge on any atom is -0.384 e. The molecule has 2 rings (SSSR count). The summed E-state index contributed by atoms with van der Waals surface area (Å²) in [4.78, 5) is 2.45. The number of benzene rings is 1. The molecule has 1 heterocycles. The van der Waals surface area contributed by atoms with E-state index in [9.17, 15) is 0 Å². The van der Waals surface area contributed by atoms with Gasteiger partial charge >= 0.3 is 0 Å². The lowest BCUT2D eigenvalue weighted by Crippen LogP contribution is -2.39. The van der Waals surface area contributed by atoms with Crippen LogP contribution in [0.1, 0.15) is 25.3 Å². The van der Waals surface area contributed by atoms with Crippen LogP contribution in [0.25, 0.3) is 0 Å². The Labute approximate surface area is 110 Å². The van der Waals surface area contributed by atoms with E-state index in [0.29, 0.717) is 5.92 Å². The van der Waals surface area contributed by atoms with Crippen molar-refractivity contribution in [3.05, 3.63) is 29.8 Å². The van der Waals surface area contributed by atoms with Gasteiger partial charge in [0.05, 0.1) is 13.2 Å². The molecule has 1 aromatic carbocycles. The minimum absolute atomic E-state index is 0.589. The average Bonchev–Trinajstić information content (AvgIpc) is 2.40. The summed E-state index contributed by atoms with van der Waals surface area (Å²) in [6.45, 7) is 10.4. The van der Waals surface area contributed by atoms with Crippen LogP contribution < -0.4 is 5.32 Å². The van der Waals surface area contributed by atoms with Crippen molar-refractivity contribution in [2.75, 3.05) is 44.7 Å². The first kappa shape index (κ1) is 13.4. The van der Waals surface area contributed by atoms with Gasteiger partial charge in [-0.3, -0.25) is 4.90 Å². The maximum Gasteiger partial charge on any atom is 0.0594 e. The van der Waals surface area contributed by atoms with Gasteiger partial charge in [-0.2, -0.15) is 0 Å². The maximum absolute atomic E-state index is 5.34. The highest BCUT2D eigenvalue weighted by Crippen LogP contribution is 2.18. The van der Waals surface area contributed by atoms with Crippen LogP contribution in [0.3, 0.4) is 0 Å². The molecule has 0 bridgehead atoms. The van der Waals surface area contributed by atoms with Crippen LogP contribution in [0.2, 0.25) is 0 Å². The summed E-state index contributed by atoms with van der Waals surface area (Å²) in [5.74, 6) is 0.589. The SMILES string of the molecule is CC(C)c1cccc(NCCN2CCOCC2)c1. The van der Waals surface area contributed by atoms with Crippen molar-refractivity contribution in [1.82, 2.24) is 4.90 Å². The van der Waals surface area contributed by atoms with E-state index in [-0.39, 0.29) is 0 Å². The number of nitrogens with one attached hydrogen (secondary N) is 1. The van der Waals surface area contributed by atoms with E-state index in [1.165, 1.54) is 11.3 Å². The van der Waals surface area contributed by atoms with Gasteiger partial charge in [-0.05, 0) is 23.6 Å². The van der Waals surface area contributed by atoms with Gasteiger partial charge in [0.25, 0.3) is 0 Å². The summed E-state index contributed by atoms with van der Waals surface area (Å²) in [5, 5.41) is 3.50. The molecule has 0 unspecified atom stereocenters. The molecule has 1 aromatic rings. The Morgan fingerprint density at radius 2 is 2.06 bits per heavy atom. The Morgan fingerprint density at radius 1 is 1.28 bits per heavy atom. The molecule has 1 fully saturated rings. The molecule has 0 amide bonds. The molecule has 3 nitrogen and oxygen atoms in total. The molecule has 0 saturated carbocycles. The molecule has 0 spiro atoms. The molecule has 18 heavy (non-hydrogen) atoms. The molecule has 0 aliphatic carbocycles. The normalized spacial score (nSPS) is 17.1. The van der Waals surface area contributed by atoms with E-state index in [1.54, 1.807) is 0 Å². The van der Waals surface area contributed by atoms with Crippen molar-refractivity contribution < 1.29 is 4.74 Å². The summed E-state index contributed by atoms with van der Waals surface area (Å²) >= 11 is 0. The van der Waals surface area contributed by atoms with Gasteiger partial charge in [-0.1, -0.05) is 26.0 Å². The highest BCUT2D eigenvalue weighted by molar-refractivity contribution is 5.46. The van der Waals surface area contributed by atoms with Crippen LogP contribution in [-0.4, -0.2) is 44.3 Å². The minimum atomic E-state index is 0.589. The van der Waals surface area contributed by atoms with E-state index in [4.69, 9.17) is 4.74 Å². The van der Waals surface area contributed by atoms with Crippen molar-refractivity contribution in [1.29, 1.82) is 0 Å². The first-order chi connectivity index (χ1) is 8.75. The monoisotopic (exact) mass is 248 g/mol. The number of ether oxygens (including phenoxy) is 1. The third kappa shape index (κ3) is 4.00. The number of hydrogen-bond donors (Lipinski definition) is 1. The molecular formula is C15H24N2O. The van der Waals surface area contributed by atoms with Crippen LogP contribution in [0.4, 0.5) is 5.69 Å². The van der Waals surface area contributed by atoms with E-state index in [2.05, 4.69) is 48.3 Å². The smallest absolute Gasteiger partial charge is 0.0594 e. The third-order valence-corrected chi connectivity index (χ3v) is 3.41. The van der Waals surface area contributed by atoms with Crippen LogP contribution in [-0.2, 0) is 4.74 Å². The van der Waals surface area contributed by atoms with Crippen molar-refractivity contribution >= 4 is 5.69 Å². The molecular weight excluding hydrogens is 224 g/mol. The van der Waals surface area contributed by atoms with Crippen molar-refractivity contribution in [3.8, 4) is 0 Å². The molecule has 1 saturated heterocycles. The van der Waals surface area contributed by atoms with Crippen molar-refractivity contribution in [3.63, 3.8) is 0 Å². The Morgan fingerprint density at radius 3 is 2.78 bits per heavy atom. The molecule has 1 N–H and O–H groups in total. The highest BCUT2D eigenvalue weighted by atomic mass is 16.5. The van der Waals surface area contributed by atoms with Gasteiger partial charge in [0.1, 0.15) is 0 Å². The molecule has 0 aromatic heterocycles. The Balaban J connectivity index is 1.77. The first-order valence-corrected chi connectivity index (χ1v) is 6.89. The van der Waals surface area contributed by atoms with Gasteiger partial charge in [-0.25, -0.2) is 0 Å². The summed E-state index contributed by atoms with van der Waals surface area (Å²) in [5.41, 5.74) is 2.63. The van der Waals surface area contributed by atoms with E-state index >= 15 is 0 Å². The molecule has 100 valence electrons. The van der Waals surface area contributed by atoms with Crippen LogP contribution in [0.5, 0.6) is 0 Å². The lowest BCUT2D eigenvalue weighted by Gasteiger charge is -2.26. The van der Waals surface area contributed by atoms with Gasteiger partial charge in [0.15, 0.2) is 0 Å². The fraction of sp³-hybridized carbons (Fsp3) is 0.600. The zero-order chi connectivity index (χ0) is 12.8. The topological polar surface area (TPSA) is 24.5 Å². The fourth-order valence-corrected chi connectivity index (χ4v) is 2.19. The third-order valence-electron chi connectivity index (χ3n) is 3.41. The van der Waals surface area contributed by atoms with Gasteiger partial charge in [0.2, 0.25) is 0 Å². The van der Waals surface area contributed by atoms with E-state index in [1.807, 2.05) is 0 Å². The fourth-order valence-electron chi connectivity index (χ4n) is 2.19. The Bertz CT molecular complexity index is 359. The van der Waals surface area contributed by atoms with Crippen LogP contribution >= 0.6 is 0 Å². The second-order valence-electron chi connectivity index (χ2n) is 5.16. The van der Waals surface area contributed by atoms with E-state index < -0.39 is 0 Å².